The Balaban J connectivity index is 1.97. The topological polar surface area (TPSA) is 42.0 Å². The average Bonchev–Trinajstić information content (AvgIpc) is 2.82. The fourth-order valence-corrected chi connectivity index (χ4v) is 2.96. The zero-order valence-electron chi connectivity index (χ0n) is 8.72. The lowest BCUT2D eigenvalue weighted by molar-refractivity contribution is -0.122. The van der Waals surface area contributed by atoms with Crippen molar-refractivity contribution in [3.63, 3.8) is 0 Å². The lowest BCUT2D eigenvalue weighted by Crippen LogP contribution is -2.44. The monoisotopic (exact) mass is 232 g/mol. The van der Waals surface area contributed by atoms with Crippen LogP contribution in [0, 0.1) is 11.8 Å². The number of hydrogen-bond acceptors (Lipinski definition) is 4. The summed E-state index contributed by atoms with van der Waals surface area (Å²) in [7, 11) is 0. The first-order valence-corrected chi connectivity index (χ1v) is 6.31. The van der Waals surface area contributed by atoms with Gasteiger partial charge in [-0.2, -0.15) is 0 Å². The van der Waals surface area contributed by atoms with Crippen molar-refractivity contribution in [3.8, 4) is 0 Å². The van der Waals surface area contributed by atoms with Crippen LogP contribution in [0.3, 0.4) is 0 Å². The smallest absolute Gasteiger partial charge is 0.154 e. The molecule has 1 aromatic rings. The van der Waals surface area contributed by atoms with E-state index in [1.165, 1.54) is 5.57 Å². The summed E-state index contributed by atoms with van der Waals surface area (Å²) >= 11 is 1.59. The Kier molecular flexibility index (Phi) is 2.46. The van der Waals surface area contributed by atoms with E-state index in [0.717, 1.165) is 12.2 Å². The third-order valence-electron chi connectivity index (χ3n) is 3.19. The van der Waals surface area contributed by atoms with Crippen LogP contribution in [0.5, 0.6) is 0 Å². The molecule has 3 nitrogen and oxygen atoms in total. The zero-order valence-corrected chi connectivity index (χ0v) is 9.54. The van der Waals surface area contributed by atoms with Crippen LogP contribution < -0.4 is 5.32 Å². The summed E-state index contributed by atoms with van der Waals surface area (Å²) in [6, 6.07) is 0. The van der Waals surface area contributed by atoms with Crippen molar-refractivity contribution in [2.75, 3.05) is 13.1 Å². The standard InChI is InChI=1S/C12H12N2OS/c15-12-5-13-4-10-8(2-1-3-9(10)12)11-6-16-7-14-11/h1-3,6-7,9-10,13H,4-5H2. The van der Waals surface area contributed by atoms with Gasteiger partial charge in [0.1, 0.15) is 0 Å². The van der Waals surface area contributed by atoms with Crippen molar-refractivity contribution >= 4 is 22.7 Å². The van der Waals surface area contributed by atoms with Gasteiger partial charge in [0.05, 0.1) is 17.7 Å². The van der Waals surface area contributed by atoms with Crippen molar-refractivity contribution < 1.29 is 4.79 Å². The third-order valence-corrected chi connectivity index (χ3v) is 3.78. The molecule has 2 heterocycles. The second-order valence-corrected chi connectivity index (χ2v) is 4.83. The quantitative estimate of drug-likeness (QED) is 0.798. The number of nitrogens with one attached hydrogen (secondary N) is 1. The zero-order chi connectivity index (χ0) is 11.0. The minimum atomic E-state index is 0.0444. The van der Waals surface area contributed by atoms with E-state index in [0.29, 0.717) is 6.54 Å². The molecule has 1 aliphatic carbocycles. The molecule has 0 radical (unpaired) electrons. The minimum absolute atomic E-state index is 0.0444. The fraction of sp³-hybridized carbons (Fsp3) is 0.333. The van der Waals surface area contributed by atoms with E-state index in [1.54, 1.807) is 11.3 Å². The first-order valence-electron chi connectivity index (χ1n) is 5.36. The van der Waals surface area contributed by atoms with Gasteiger partial charge in [-0.3, -0.25) is 4.79 Å². The number of thiazole rings is 1. The third kappa shape index (κ3) is 1.54. The van der Waals surface area contributed by atoms with Crippen LogP contribution in [-0.4, -0.2) is 23.9 Å². The number of aromatic nitrogens is 1. The molecule has 2 atom stereocenters. The van der Waals surface area contributed by atoms with Gasteiger partial charge in [0, 0.05) is 23.8 Å². The molecule has 2 unspecified atom stereocenters. The van der Waals surface area contributed by atoms with Gasteiger partial charge in [-0.15, -0.1) is 11.3 Å². The molecular weight excluding hydrogens is 220 g/mol. The van der Waals surface area contributed by atoms with E-state index < -0.39 is 0 Å². The number of allylic oxidation sites excluding steroid dienone is 3. The molecule has 0 bridgehead atoms. The van der Waals surface area contributed by atoms with Crippen molar-refractivity contribution in [1.82, 2.24) is 10.3 Å². The molecule has 2 aliphatic rings. The van der Waals surface area contributed by atoms with E-state index >= 15 is 0 Å². The summed E-state index contributed by atoms with van der Waals surface area (Å²) in [5, 5.41) is 5.22. The van der Waals surface area contributed by atoms with Crippen molar-refractivity contribution in [2.24, 2.45) is 11.8 Å². The SMILES string of the molecule is O=C1CNCC2C(c3cscn3)=CC=CC12. The second kappa shape index (κ2) is 3.96. The molecule has 0 aromatic carbocycles. The number of Topliss-reactive ketones (excluding diaryl/α,β-unsaturated/α-hetero) is 1. The molecule has 4 heteroatoms. The van der Waals surface area contributed by atoms with Gasteiger partial charge in [-0.25, -0.2) is 4.98 Å². The van der Waals surface area contributed by atoms with Gasteiger partial charge in [0.15, 0.2) is 5.78 Å². The first-order chi connectivity index (χ1) is 7.86. The number of hydrogen-bond donors (Lipinski definition) is 1. The first kappa shape index (κ1) is 9.93. The second-order valence-electron chi connectivity index (χ2n) is 4.11. The summed E-state index contributed by atoms with van der Waals surface area (Å²) in [4.78, 5) is 16.1. The number of carbonyl (C=O) groups is 1. The van der Waals surface area contributed by atoms with Gasteiger partial charge in [-0.05, 0) is 5.57 Å². The number of rotatable bonds is 1. The van der Waals surface area contributed by atoms with Gasteiger partial charge < -0.3 is 5.32 Å². The van der Waals surface area contributed by atoms with Crippen LogP contribution in [0.25, 0.3) is 5.57 Å². The van der Waals surface area contributed by atoms with E-state index in [9.17, 15) is 4.79 Å². The highest BCUT2D eigenvalue weighted by molar-refractivity contribution is 7.07. The average molecular weight is 232 g/mol. The molecule has 0 saturated carbocycles. The molecule has 0 spiro atoms. The number of nitrogens with zero attached hydrogens (tertiary/aromatic N) is 1. The maximum Gasteiger partial charge on any atom is 0.154 e. The number of ketones is 1. The summed E-state index contributed by atoms with van der Waals surface area (Å²) < 4.78 is 0. The summed E-state index contributed by atoms with van der Waals surface area (Å²) in [5.41, 5.74) is 4.04. The van der Waals surface area contributed by atoms with Crippen LogP contribution in [0.2, 0.25) is 0 Å². The summed E-state index contributed by atoms with van der Waals surface area (Å²) in [6.07, 6.45) is 6.08. The Morgan fingerprint density at radius 1 is 1.50 bits per heavy atom. The maximum absolute atomic E-state index is 11.8. The predicted molar refractivity (Wildman–Crippen MR) is 64.1 cm³/mol. The fourth-order valence-electron chi connectivity index (χ4n) is 2.40. The molecule has 82 valence electrons. The highest BCUT2D eigenvalue weighted by Gasteiger charge is 2.34. The molecule has 16 heavy (non-hydrogen) atoms. The lowest BCUT2D eigenvalue weighted by Gasteiger charge is -2.32. The van der Waals surface area contributed by atoms with E-state index in [4.69, 9.17) is 0 Å². The van der Waals surface area contributed by atoms with Crippen LogP contribution in [0.15, 0.2) is 29.1 Å². The maximum atomic E-state index is 11.8. The lowest BCUT2D eigenvalue weighted by atomic mass is 9.76. The molecular formula is C12H12N2OS. The minimum Gasteiger partial charge on any atom is -0.309 e. The Hall–Kier alpha value is -1.26. The molecule has 1 aliphatic heterocycles. The van der Waals surface area contributed by atoms with Gasteiger partial charge in [-0.1, -0.05) is 18.2 Å². The molecule has 1 fully saturated rings. The highest BCUT2D eigenvalue weighted by atomic mass is 32.1. The van der Waals surface area contributed by atoms with Crippen LogP contribution in [0.4, 0.5) is 0 Å². The largest absolute Gasteiger partial charge is 0.309 e. The Morgan fingerprint density at radius 2 is 2.44 bits per heavy atom. The number of piperidine rings is 1. The van der Waals surface area contributed by atoms with Crippen molar-refractivity contribution in [2.45, 2.75) is 0 Å². The van der Waals surface area contributed by atoms with E-state index in [-0.39, 0.29) is 17.6 Å². The van der Waals surface area contributed by atoms with Gasteiger partial charge in [0.2, 0.25) is 0 Å². The molecule has 1 N–H and O–H groups in total. The van der Waals surface area contributed by atoms with E-state index in [1.807, 2.05) is 23.0 Å². The Bertz CT molecular complexity index is 461. The molecule has 1 saturated heterocycles. The Morgan fingerprint density at radius 3 is 3.25 bits per heavy atom. The van der Waals surface area contributed by atoms with Crippen LogP contribution in [-0.2, 0) is 4.79 Å². The Labute approximate surface area is 97.9 Å². The molecule has 3 rings (SSSR count). The molecule has 0 amide bonds. The van der Waals surface area contributed by atoms with Crippen molar-refractivity contribution in [1.29, 1.82) is 0 Å². The predicted octanol–water partition coefficient (Wildman–Crippen LogP) is 1.50. The van der Waals surface area contributed by atoms with Crippen LogP contribution in [0.1, 0.15) is 5.69 Å². The van der Waals surface area contributed by atoms with Gasteiger partial charge in [0.25, 0.3) is 0 Å². The number of fused-ring (bicyclic) bond motifs is 1. The summed E-state index contributed by atoms with van der Waals surface area (Å²) in [5.74, 6) is 0.588. The van der Waals surface area contributed by atoms with Gasteiger partial charge >= 0.3 is 0 Å². The normalized spacial score (nSPS) is 28.8. The van der Waals surface area contributed by atoms with Crippen LogP contribution >= 0.6 is 11.3 Å². The van der Waals surface area contributed by atoms with Crippen molar-refractivity contribution in [3.05, 3.63) is 34.8 Å². The molecule has 1 aromatic heterocycles. The van der Waals surface area contributed by atoms with E-state index in [2.05, 4.69) is 16.4 Å². The highest BCUT2D eigenvalue weighted by Crippen LogP contribution is 2.34. The summed E-state index contributed by atoms with van der Waals surface area (Å²) in [6.45, 7) is 1.36. The number of carbonyl (C=O) groups excluding carboxylic acids is 1.